The predicted octanol–water partition coefficient (Wildman–Crippen LogP) is 33.2. The van der Waals surface area contributed by atoms with Crippen molar-refractivity contribution in [2.75, 3.05) is 0 Å². The van der Waals surface area contributed by atoms with Gasteiger partial charge in [0.05, 0.1) is 8.07 Å². The van der Waals surface area contributed by atoms with Crippen molar-refractivity contribution in [1.29, 1.82) is 0 Å². The topological polar surface area (TPSA) is 0 Å². The largest absolute Gasteiger partial charge is 0.145 e. The fourth-order valence-electron chi connectivity index (χ4n) is 17.9. The summed E-state index contributed by atoms with van der Waals surface area (Å²) in [7, 11) is -3.55. The van der Waals surface area contributed by atoms with Crippen molar-refractivity contribution in [1.82, 2.24) is 0 Å². The Balaban J connectivity index is 0.000000153. The second kappa shape index (κ2) is 42.1. The summed E-state index contributed by atoms with van der Waals surface area (Å²) in [6, 6.07) is 123. The fraction of sp³-hybridized carbons (Fsp3) is 0.260. The van der Waals surface area contributed by atoms with E-state index in [1.165, 1.54) is 76.4 Å². The smallest absolute Gasteiger partial charge is 0.0697 e. The highest BCUT2D eigenvalue weighted by Crippen LogP contribution is 2.53. The number of rotatable bonds is 4. The van der Waals surface area contributed by atoms with Crippen LogP contribution in [-0.4, -0.2) is 24.2 Å². The SMILES string of the molecule is C[Si](C)(C)C.C[Si](c1ccccc1)(c1ccccc1)c1ccccc1.Cc1ccc(C)c(C)c1.Cc1ccc(C)c(C)c1.Cc1ccc([Si](C)(C)C)cc1.Cc1ccc2cc(C)ccc2c1.[2H]C([2H])([2H])C1(C)c2ccccc2-c2c(C)cccc21.[2H]C([2H])([2H])C1(C)c2ccccc2-c2cc(C)ccc21.[2H]C([2H])([2H])C1(C)c2ccccc2-c2ccc(C)cc21.[2H]C([2H])([2H])C1(C)c2ccccc2-c2cccc(C)c21. The van der Waals surface area contributed by atoms with Gasteiger partial charge in [-0.1, -0.05) is 510 Å². The maximum Gasteiger partial charge on any atom is 0.145 e. The van der Waals surface area contributed by atoms with Gasteiger partial charge in [-0.05, 0) is 239 Å². The van der Waals surface area contributed by atoms with Gasteiger partial charge in [-0.15, -0.1) is 0 Å². The van der Waals surface area contributed by atoms with Crippen molar-refractivity contribution < 1.29 is 16.4 Å². The van der Waals surface area contributed by atoms with Gasteiger partial charge in [0, 0.05) is 46.2 Å². The Labute approximate surface area is 805 Å². The average molecular weight is 1770 g/mol. The van der Waals surface area contributed by atoms with Gasteiger partial charge in [-0.25, -0.2) is 0 Å². The molecule has 0 heterocycles. The highest BCUT2D eigenvalue weighted by atomic mass is 28.3. The Bertz CT molecular complexity index is 6820. The molecule has 4 aliphatic rings. The van der Waals surface area contributed by atoms with Gasteiger partial charge in [0.25, 0.3) is 0 Å². The molecule has 0 N–H and O–H groups in total. The fourth-order valence-corrected chi connectivity index (χ4v) is 22.7. The van der Waals surface area contributed by atoms with Crippen LogP contribution in [0.3, 0.4) is 0 Å². The molecule has 0 aromatic heterocycles. The van der Waals surface area contributed by atoms with Crippen LogP contribution < -0.4 is 20.7 Å². The second-order valence-corrected chi connectivity index (χ2v) is 54.7. The van der Waals surface area contributed by atoms with E-state index in [1.807, 2.05) is 219 Å². The summed E-state index contributed by atoms with van der Waals surface area (Å²) < 4.78 is 95.9. The molecule has 20 rings (SSSR count). The summed E-state index contributed by atoms with van der Waals surface area (Å²) in [6.45, 7) is 45.2. The molecule has 0 bridgehead atoms. The quantitative estimate of drug-likeness (QED) is 0.122. The van der Waals surface area contributed by atoms with Crippen LogP contribution in [0.25, 0.3) is 55.3 Å². The van der Waals surface area contributed by atoms with Crippen LogP contribution in [0, 0.1) is 90.0 Å². The highest BCUT2D eigenvalue weighted by molar-refractivity contribution is 7.10. The van der Waals surface area contributed by atoms with Gasteiger partial charge in [-0.2, -0.15) is 0 Å². The number of hydrogen-bond donors (Lipinski definition) is 0. The van der Waals surface area contributed by atoms with E-state index >= 15 is 0 Å². The molecule has 0 nitrogen and oxygen atoms in total. The zero-order chi connectivity index (χ0) is 104. The van der Waals surface area contributed by atoms with Gasteiger partial charge >= 0.3 is 0 Å². The lowest BCUT2D eigenvalue weighted by molar-refractivity contribution is 0.655. The summed E-state index contributed by atoms with van der Waals surface area (Å²) >= 11 is 0. The molecule has 0 saturated carbocycles. The van der Waals surface area contributed by atoms with E-state index in [0.29, 0.717) is 0 Å². The van der Waals surface area contributed by atoms with Crippen LogP contribution in [0.5, 0.6) is 0 Å². The van der Waals surface area contributed by atoms with E-state index in [9.17, 15) is 0 Å². The third kappa shape index (κ3) is 23.6. The van der Waals surface area contributed by atoms with Gasteiger partial charge < -0.3 is 0 Å². The molecule has 4 aliphatic carbocycles. The number of fused-ring (bicyclic) bond motifs is 13. The van der Waals surface area contributed by atoms with Crippen LogP contribution in [0.4, 0.5) is 0 Å². The first-order chi connectivity index (χ1) is 66.4. The zero-order valence-electron chi connectivity index (χ0n) is 94.1. The van der Waals surface area contributed by atoms with E-state index in [2.05, 4.69) is 309 Å². The summed E-state index contributed by atoms with van der Waals surface area (Å²) in [5.41, 5.74) is 28.9. The molecule has 0 spiro atoms. The molecule has 16 aromatic rings. The normalized spacial score (nSPS) is 17.9. The number of benzene rings is 16. The molecule has 0 fully saturated rings. The Morgan fingerprint density at radius 3 is 0.954 bits per heavy atom. The first-order valence-corrected chi connectivity index (χ1v) is 56.0. The molecule has 0 aliphatic heterocycles. The minimum Gasteiger partial charge on any atom is -0.0697 e. The Morgan fingerprint density at radius 1 is 0.200 bits per heavy atom. The Kier molecular flexibility index (Phi) is 26.8. The molecular formula is C127H146Si3. The van der Waals surface area contributed by atoms with Gasteiger partial charge in [0.1, 0.15) is 8.07 Å². The van der Waals surface area contributed by atoms with Gasteiger partial charge in [-0.3, -0.25) is 0 Å². The van der Waals surface area contributed by atoms with Crippen LogP contribution in [-0.2, 0) is 21.7 Å². The monoisotopic (exact) mass is 1770 g/mol. The molecule has 666 valence electrons. The minimum atomic E-state index is -2.06. The third-order valence-electron chi connectivity index (χ3n) is 25.5. The van der Waals surface area contributed by atoms with Crippen LogP contribution in [0.15, 0.2) is 358 Å². The van der Waals surface area contributed by atoms with Gasteiger partial charge in [0.15, 0.2) is 0 Å². The summed E-state index contributed by atoms with van der Waals surface area (Å²) in [4.78, 5) is 0. The third-order valence-corrected chi connectivity index (χ3v) is 32.0. The number of aryl methyl sites for hydroxylation is 13. The molecule has 0 amide bonds. The molecule has 3 heteroatoms. The standard InChI is InChI=1S/C19H18Si.4C16H16.C12H12.C10H16Si.2C9H12.C4H12Si/c1-20(17-11-5-2-6-12-17,18-13-7-3-8-14-18)19-15-9-4-10-16-19;1-11-7-6-9-13-12-8-4-5-10-14(12)16(2,3)15(11)13;1-11-7-6-10-14-15(11)12-8-4-5-9-13(12)16(14,2)3;1-11-8-9-15-13(10-11)12-6-4-5-7-14(12)16(15,2)3;1-11-8-9-13-12-6-4-5-7-14(12)16(2,3)15(13)10-11;1-9-3-5-12-8-10(2)4-6-11(12)7-9;1-9-5-7-10(8-6-9)11(2,3)4;2*1-7-4-5-8(2)9(3)6-7;1-5(2,3)4/h2-16H,1H3;4*4-10H,1-3H3;3-8H,1-2H3;5-8H,1-4H3;2*4-6H,1-3H3;1-4H3/i;4*2D3;;;;;. The lowest BCUT2D eigenvalue weighted by atomic mass is 9.80. The van der Waals surface area contributed by atoms with E-state index < -0.39 is 73.3 Å². The Hall–Kier alpha value is -11.6. The number of hydrogen-bond acceptors (Lipinski definition) is 0. The Morgan fingerprint density at radius 2 is 0.508 bits per heavy atom. The van der Waals surface area contributed by atoms with Crippen molar-refractivity contribution in [2.45, 2.75) is 219 Å². The minimum absolute atomic E-state index is 0.611. The predicted molar refractivity (Wildman–Crippen MR) is 583 cm³/mol. The van der Waals surface area contributed by atoms with Crippen LogP contribution in [0.2, 0.25) is 52.4 Å². The van der Waals surface area contributed by atoms with Crippen molar-refractivity contribution in [3.8, 4) is 44.5 Å². The molecule has 0 radical (unpaired) electrons. The summed E-state index contributed by atoms with van der Waals surface area (Å²) in [6.07, 6.45) is 0. The molecule has 4 unspecified atom stereocenters. The van der Waals surface area contributed by atoms with Crippen LogP contribution >= 0.6 is 0 Å². The summed E-state index contributed by atoms with van der Waals surface area (Å²) in [5.74, 6) is 0. The van der Waals surface area contributed by atoms with Crippen LogP contribution in [0.1, 0.15) is 188 Å². The first kappa shape index (κ1) is 82.8. The maximum absolute atomic E-state index is 8.02. The zero-order valence-corrected chi connectivity index (χ0v) is 85.1. The van der Waals surface area contributed by atoms with E-state index in [1.54, 1.807) is 5.19 Å². The van der Waals surface area contributed by atoms with Crippen molar-refractivity contribution in [3.05, 3.63) is 475 Å². The molecule has 4 atom stereocenters. The first-order valence-electron chi connectivity index (χ1n) is 52.0. The molecule has 0 saturated heterocycles. The average Bonchev–Trinajstić information content (AvgIpc) is 1.56. The molecule has 16 aromatic carbocycles. The highest BCUT2D eigenvalue weighted by Gasteiger charge is 2.40. The van der Waals surface area contributed by atoms with E-state index in [-0.39, 0.29) is 0 Å². The van der Waals surface area contributed by atoms with Gasteiger partial charge in [0.2, 0.25) is 0 Å². The molecule has 130 heavy (non-hydrogen) atoms. The van der Waals surface area contributed by atoms with E-state index in [4.69, 9.17) is 16.4 Å². The van der Waals surface area contributed by atoms with Crippen molar-refractivity contribution in [2.24, 2.45) is 0 Å². The molecular weight excluding hydrogens is 1610 g/mol. The lowest BCUT2D eigenvalue weighted by Gasteiger charge is -2.29. The van der Waals surface area contributed by atoms with E-state index in [0.717, 1.165) is 111 Å². The summed E-state index contributed by atoms with van der Waals surface area (Å²) in [5, 5.41) is 8.58. The van der Waals surface area contributed by atoms with Crippen molar-refractivity contribution >= 4 is 55.7 Å². The second-order valence-electron chi connectivity index (χ2n) is 39.6. The lowest BCUT2D eigenvalue weighted by Crippen LogP contribution is -2.64. The maximum atomic E-state index is 8.02. The van der Waals surface area contributed by atoms with Crippen molar-refractivity contribution in [3.63, 3.8) is 0 Å².